The van der Waals surface area contributed by atoms with Crippen LogP contribution in [0.15, 0.2) is 180 Å². The van der Waals surface area contributed by atoms with E-state index in [1.807, 2.05) is 74.5 Å². The van der Waals surface area contributed by atoms with Gasteiger partial charge >= 0.3 is 0 Å². The van der Waals surface area contributed by atoms with Crippen molar-refractivity contribution in [3.63, 3.8) is 0 Å². The molecule has 93 heavy (non-hydrogen) atoms. The molecule has 7 aromatic carbocycles. The van der Waals surface area contributed by atoms with E-state index >= 15 is 0 Å². The first-order valence-corrected chi connectivity index (χ1v) is 35.6. The molecule has 7 aromatic rings. The summed E-state index contributed by atoms with van der Waals surface area (Å²) in [4.78, 5) is 0.212. The van der Waals surface area contributed by atoms with E-state index < -0.39 is 20.2 Å². The third kappa shape index (κ3) is 36.1. The molecule has 0 aromatic heterocycles. The summed E-state index contributed by atoms with van der Waals surface area (Å²) in [7, 11) is -7.58. The van der Waals surface area contributed by atoms with Gasteiger partial charge in [0.1, 0.15) is 24.7 Å². The SMILES string of the molecule is Cc1ccc(S(=O)(=O)OCCOCCOCCOCCOS(=O)(=O)c2ccc(C)cc2)cc1.Cc1cccc(C)c1CCOCCOCCOCCc1c(C)cccc1C.ClCCCCOCCCCCl.c1ccc(COc2cccc(OCc3ccccc3)c2)cc1. The highest BCUT2D eigenvalue weighted by Gasteiger charge is 2.16. The summed E-state index contributed by atoms with van der Waals surface area (Å²) >= 11 is 11.0. The molecule has 0 aliphatic rings. The topological polar surface area (TPSA) is 170 Å². The van der Waals surface area contributed by atoms with E-state index in [0.29, 0.717) is 52.9 Å². The van der Waals surface area contributed by atoms with Crippen molar-refractivity contribution in [3.8, 4) is 11.5 Å². The molecule has 7 rings (SSSR count). The predicted molar refractivity (Wildman–Crippen MR) is 372 cm³/mol. The van der Waals surface area contributed by atoms with E-state index in [4.69, 9.17) is 74.2 Å². The van der Waals surface area contributed by atoms with E-state index in [1.165, 1.54) is 57.6 Å². The zero-order valence-corrected chi connectivity index (χ0v) is 58.4. The minimum atomic E-state index is -3.79. The largest absolute Gasteiger partial charge is 0.489 e. The van der Waals surface area contributed by atoms with Crippen LogP contribution in [0, 0.1) is 41.5 Å². The Morgan fingerprint density at radius 1 is 0.312 bits per heavy atom. The van der Waals surface area contributed by atoms with Gasteiger partial charge in [-0.15, -0.1) is 23.2 Å². The van der Waals surface area contributed by atoms with E-state index in [9.17, 15) is 16.8 Å². The zero-order chi connectivity index (χ0) is 67.0. The highest BCUT2D eigenvalue weighted by atomic mass is 35.5. The van der Waals surface area contributed by atoms with Gasteiger partial charge in [-0.1, -0.05) is 139 Å². The highest BCUT2D eigenvalue weighted by Crippen LogP contribution is 2.22. The van der Waals surface area contributed by atoms with Crippen LogP contribution in [-0.2, 0) is 87.8 Å². The van der Waals surface area contributed by atoms with Crippen LogP contribution in [0.2, 0.25) is 0 Å². The van der Waals surface area contributed by atoms with Crippen LogP contribution in [0.5, 0.6) is 11.5 Å². The van der Waals surface area contributed by atoms with E-state index in [0.717, 1.165) is 110 Å². The standard InChI is InChI=1S/C24H34O3.C22H30O9S2.C20H18O2.C8H16Cl2O/c1-19-7-5-8-20(2)23(19)11-13-25-15-17-27-18-16-26-14-12-24-21(3)9-6-10-22(24)4;1-19-3-7-21(8-4-19)32(23,24)30-17-15-28-13-11-27-12-14-29-16-18-31-33(25,26)22-9-5-20(2)6-10-22;1-3-8-17(9-4-1)15-21-19-12-7-13-20(14-19)22-16-18-10-5-2-6-11-18;9-5-1-3-7-11-8-4-2-6-10/h5-10H,11-18H2,1-4H3;3-10H,11-18H2,1-2H3;1-14H,15-16H2;1-8H2. The molecule has 0 saturated heterocycles. The molecule has 0 N–H and O–H groups in total. The molecule has 0 saturated carbocycles. The third-order valence-electron chi connectivity index (χ3n) is 14.0. The van der Waals surface area contributed by atoms with Crippen LogP contribution in [0.3, 0.4) is 0 Å². The van der Waals surface area contributed by atoms with Gasteiger partial charge in [0.2, 0.25) is 0 Å². The minimum Gasteiger partial charge on any atom is -0.489 e. The molecule has 0 unspecified atom stereocenters. The van der Waals surface area contributed by atoms with Gasteiger partial charge < -0.3 is 42.6 Å². The number of alkyl halides is 2. The third-order valence-corrected chi connectivity index (χ3v) is 17.2. The number of ether oxygens (including phenoxy) is 9. The highest BCUT2D eigenvalue weighted by molar-refractivity contribution is 7.87. The van der Waals surface area contributed by atoms with Gasteiger partial charge in [-0.3, -0.25) is 8.37 Å². The molecule has 0 aliphatic carbocycles. The maximum absolute atomic E-state index is 12.0. The van der Waals surface area contributed by atoms with Gasteiger partial charge in [-0.25, -0.2) is 0 Å². The fraction of sp³-hybridized carbons (Fsp3) is 0.432. The number of hydrogen-bond donors (Lipinski definition) is 0. The van der Waals surface area contributed by atoms with E-state index in [2.05, 4.69) is 88.4 Å². The van der Waals surface area contributed by atoms with E-state index in [-0.39, 0.29) is 49.4 Å². The van der Waals surface area contributed by atoms with Gasteiger partial charge in [0.25, 0.3) is 20.2 Å². The smallest absolute Gasteiger partial charge is 0.297 e. The van der Waals surface area contributed by atoms with Crippen molar-refractivity contribution >= 4 is 43.4 Å². The first kappa shape index (κ1) is 79.7. The average molecular weight is 1360 g/mol. The Hall–Kier alpha value is -5.74. The van der Waals surface area contributed by atoms with Crippen molar-refractivity contribution in [1.82, 2.24) is 0 Å². The Kier molecular flexibility index (Phi) is 41.9. The number of rotatable bonds is 42. The van der Waals surface area contributed by atoms with Crippen molar-refractivity contribution < 1.29 is 67.8 Å². The Morgan fingerprint density at radius 3 is 0.946 bits per heavy atom. The lowest BCUT2D eigenvalue weighted by atomic mass is 10.0. The van der Waals surface area contributed by atoms with Crippen LogP contribution in [0.4, 0.5) is 0 Å². The summed E-state index contributed by atoms with van der Waals surface area (Å²) in [6.45, 7) is 20.3. The summed E-state index contributed by atoms with van der Waals surface area (Å²) in [5, 5.41) is 0. The average Bonchev–Trinajstić information content (AvgIpc) is 2.01. The maximum atomic E-state index is 12.0. The molecular weight excluding hydrogens is 1260 g/mol. The fourth-order valence-corrected chi connectivity index (χ4v) is 10.9. The Bertz CT molecular complexity index is 3020. The quantitative estimate of drug-likeness (QED) is 0.0201. The second kappa shape index (κ2) is 48.9. The fourth-order valence-electron chi connectivity index (χ4n) is 8.71. The van der Waals surface area contributed by atoms with Crippen LogP contribution >= 0.6 is 23.2 Å². The minimum absolute atomic E-state index is 0.0924. The lowest BCUT2D eigenvalue weighted by molar-refractivity contribution is 0.00558. The molecule has 0 radical (unpaired) electrons. The normalized spacial score (nSPS) is 11.2. The van der Waals surface area contributed by atoms with Crippen LogP contribution in [-0.4, -0.2) is 134 Å². The molecule has 0 heterocycles. The molecule has 510 valence electrons. The predicted octanol–water partition coefficient (Wildman–Crippen LogP) is 15.1. The Balaban J connectivity index is 0.000000279. The van der Waals surface area contributed by atoms with Crippen molar-refractivity contribution in [2.24, 2.45) is 0 Å². The second-order valence-electron chi connectivity index (χ2n) is 21.5. The van der Waals surface area contributed by atoms with Gasteiger partial charge in [0.05, 0.1) is 102 Å². The zero-order valence-electron chi connectivity index (χ0n) is 55.2. The second-order valence-corrected chi connectivity index (χ2v) is 25.5. The lowest BCUT2D eigenvalue weighted by Gasteiger charge is -2.11. The molecule has 0 fully saturated rings. The van der Waals surface area contributed by atoms with Crippen LogP contribution in [0.1, 0.15) is 81.3 Å². The van der Waals surface area contributed by atoms with E-state index in [1.54, 1.807) is 24.3 Å². The molecule has 15 nitrogen and oxygen atoms in total. The van der Waals surface area contributed by atoms with Crippen LogP contribution < -0.4 is 9.47 Å². The van der Waals surface area contributed by atoms with Gasteiger partial charge in [0, 0.05) is 31.0 Å². The van der Waals surface area contributed by atoms with Crippen molar-refractivity contribution in [2.75, 3.05) is 117 Å². The van der Waals surface area contributed by atoms with Crippen molar-refractivity contribution in [3.05, 3.63) is 225 Å². The summed E-state index contributed by atoms with van der Waals surface area (Å²) in [6.07, 6.45) is 6.17. The summed E-state index contributed by atoms with van der Waals surface area (Å²) in [5.74, 6) is 3.11. The molecule has 0 aliphatic heterocycles. The number of aryl methyl sites for hydroxylation is 6. The molecule has 0 atom stereocenters. The first-order valence-electron chi connectivity index (χ1n) is 31.7. The summed E-state index contributed by atoms with van der Waals surface area (Å²) < 4.78 is 108. The molecule has 0 bridgehead atoms. The summed E-state index contributed by atoms with van der Waals surface area (Å²) in [6, 6.07) is 53.6. The van der Waals surface area contributed by atoms with Gasteiger partial charge in [0.15, 0.2) is 0 Å². The molecule has 19 heteroatoms. The van der Waals surface area contributed by atoms with Gasteiger partial charge in [-0.2, -0.15) is 16.8 Å². The lowest BCUT2D eigenvalue weighted by Crippen LogP contribution is -2.15. The first-order chi connectivity index (χ1) is 45.1. The summed E-state index contributed by atoms with van der Waals surface area (Å²) in [5.41, 5.74) is 12.4. The number of benzene rings is 7. The van der Waals surface area contributed by atoms with Crippen LogP contribution in [0.25, 0.3) is 0 Å². The number of halogens is 2. The Labute approximate surface area is 565 Å². The monoisotopic (exact) mass is 1360 g/mol. The molecule has 0 spiro atoms. The van der Waals surface area contributed by atoms with Gasteiger partial charge in [-0.05, 0) is 161 Å². The maximum Gasteiger partial charge on any atom is 0.297 e. The number of unbranched alkanes of at least 4 members (excludes halogenated alkanes) is 2. The molecular formula is C74H98Cl2O15S2. The van der Waals surface area contributed by atoms with Crippen molar-refractivity contribution in [1.29, 1.82) is 0 Å². The number of hydrogen-bond acceptors (Lipinski definition) is 15. The van der Waals surface area contributed by atoms with Crippen molar-refractivity contribution in [2.45, 2.75) is 103 Å². The molecule has 0 amide bonds. The Morgan fingerprint density at radius 2 is 0.613 bits per heavy atom.